The Kier molecular flexibility index (Phi) is 5.67. The van der Waals surface area contributed by atoms with Crippen LogP contribution in [0.3, 0.4) is 0 Å². The molecule has 0 radical (unpaired) electrons. The lowest BCUT2D eigenvalue weighted by Crippen LogP contribution is -2.35. The van der Waals surface area contributed by atoms with E-state index in [4.69, 9.17) is 17.0 Å². The maximum Gasteiger partial charge on any atom is 0.178 e. The molecule has 0 bridgehead atoms. The Labute approximate surface area is 186 Å². The molecule has 1 saturated heterocycles. The number of imidazole rings is 1. The molecule has 0 aliphatic carbocycles. The Morgan fingerprint density at radius 1 is 1.13 bits per heavy atom. The number of anilines is 1. The Morgan fingerprint density at radius 2 is 1.97 bits per heavy atom. The maximum absolute atomic E-state index is 5.45. The summed E-state index contributed by atoms with van der Waals surface area (Å²) in [6.07, 6.45) is 1.61. The second kappa shape index (κ2) is 8.74. The zero-order chi connectivity index (χ0) is 21.2. The van der Waals surface area contributed by atoms with Crippen LogP contribution in [0.25, 0.3) is 21.9 Å². The minimum absolute atomic E-state index is 0.701. The lowest BCUT2D eigenvalue weighted by atomic mass is 10.1. The SMILES string of the molecule is CCn1c(=S)[nH]c2cc3c(NCc4cccc(CN5CCOCC5)c4)ncnc3cc21. The normalized spacial score (nSPS) is 15.0. The van der Waals surface area contributed by atoms with Gasteiger partial charge in [0.05, 0.1) is 29.8 Å². The number of aryl methyl sites for hydroxylation is 1. The molecule has 7 nitrogen and oxygen atoms in total. The van der Waals surface area contributed by atoms with E-state index in [0.717, 1.165) is 71.9 Å². The number of aromatic nitrogens is 4. The average Bonchev–Trinajstić information content (AvgIpc) is 3.11. The third-order valence-electron chi connectivity index (χ3n) is 5.81. The number of benzene rings is 2. The Hall–Kier alpha value is -2.81. The van der Waals surface area contributed by atoms with Crippen LogP contribution in [0.1, 0.15) is 18.1 Å². The van der Waals surface area contributed by atoms with Crippen LogP contribution in [0.2, 0.25) is 0 Å². The standard InChI is InChI=1S/C23H26N6OS/c1-2-29-21-12-19-18(11-20(21)27-23(29)31)22(26-15-25-19)24-13-16-4-3-5-17(10-16)14-28-6-8-30-9-7-28/h3-5,10-12,15H,2,6-9,13-14H2,1H3,(H,27,31)(H,24,25,26). The lowest BCUT2D eigenvalue weighted by molar-refractivity contribution is 0.0342. The molecule has 160 valence electrons. The molecule has 2 N–H and O–H groups in total. The molecule has 8 heteroatoms. The quantitative estimate of drug-likeness (QED) is 0.445. The van der Waals surface area contributed by atoms with Crippen molar-refractivity contribution in [2.75, 3.05) is 31.6 Å². The molecule has 1 fully saturated rings. The fraction of sp³-hybridized carbons (Fsp3) is 0.348. The molecular formula is C23H26N6OS. The predicted molar refractivity (Wildman–Crippen MR) is 126 cm³/mol. The van der Waals surface area contributed by atoms with Gasteiger partial charge >= 0.3 is 0 Å². The van der Waals surface area contributed by atoms with Gasteiger partial charge in [-0.25, -0.2) is 9.97 Å². The van der Waals surface area contributed by atoms with E-state index in [1.165, 1.54) is 11.1 Å². The third-order valence-corrected chi connectivity index (χ3v) is 6.13. The second-order valence-corrected chi connectivity index (χ2v) is 8.23. The van der Waals surface area contributed by atoms with Crippen LogP contribution in [-0.4, -0.2) is 50.7 Å². The highest BCUT2D eigenvalue weighted by Crippen LogP contribution is 2.26. The van der Waals surface area contributed by atoms with E-state index in [1.807, 2.05) is 0 Å². The van der Waals surface area contributed by atoms with E-state index in [0.29, 0.717) is 6.54 Å². The molecule has 0 spiro atoms. The summed E-state index contributed by atoms with van der Waals surface area (Å²) in [4.78, 5) is 14.7. The molecule has 0 unspecified atom stereocenters. The number of aromatic amines is 1. The number of nitrogens with one attached hydrogen (secondary N) is 2. The molecule has 2 aromatic carbocycles. The number of H-pyrrole nitrogens is 1. The third kappa shape index (κ3) is 4.19. The van der Waals surface area contributed by atoms with Gasteiger partial charge in [-0.2, -0.15) is 0 Å². The largest absolute Gasteiger partial charge is 0.379 e. The Balaban J connectivity index is 1.37. The van der Waals surface area contributed by atoms with Gasteiger partial charge in [0.25, 0.3) is 0 Å². The lowest BCUT2D eigenvalue weighted by Gasteiger charge is -2.26. The average molecular weight is 435 g/mol. The summed E-state index contributed by atoms with van der Waals surface area (Å²) in [7, 11) is 0. The smallest absolute Gasteiger partial charge is 0.178 e. The zero-order valence-electron chi connectivity index (χ0n) is 17.6. The summed E-state index contributed by atoms with van der Waals surface area (Å²) in [5.74, 6) is 0.828. The van der Waals surface area contributed by atoms with Crippen LogP contribution >= 0.6 is 12.2 Å². The van der Waals surface area contributed by atoms with Gasteiger partial charge in [0.15, 0.2) is 4.77 Å². The van der Waals surface area contributed by atoms with Crippen LogP contribution < -0.4 is 5.32 Å². The number of morpholine rings is 1. The van der Waals surface area contributed by atoms with Crippen molar-refractivity contribution >= 4 is 40.0 Å². The summed E-state index contributed by atoms with van der Waals surface area (Å²) < 4.78 is 8.26. The molecule has 5 rings (SSSR count). The molecule has 1 aliphatic heterocycles. The first-order chi connectivity index (χ1) is 15.2. The predicted octanol–water partition coefficient (Wildman–Crippen LogP) is 4.11. The first-order valence-electron chi connectivity index (χ1n) is 10.7. The topological polar surface area (TPSA) is 71.0 Å². The van der Waals surface area contributed by atoms with Crippen molar-refractivity contribution in [1.82, 2.24) is 24.4 Å². The number of ether oxygens (including phenoxy) is 1. The van der Waals surface area contributed by atoms with E-state index in [-0.39, 0.29) is 0 Å². The van der Waals surface area contributed by atoms with E-state index in [1.54, 1.807) is 6.33 Å². The van der Waals surface area contributed by atoms with Crippen molar-refractivity contribution in [3.63, 3.8) is 0 Å². The van der Waals surface area contributed by atoms with Gasteiger partial charge in [0.2, 0.25) is 0 Å². The summed E-state index contributed by atoms with van der Waals surface area (Å²) in [5.41, 5.74) is 5.53. The molecule has 4 aromatic rings. The molecule has 1 aliphatic rings. The van der Waals surface area contributed by atoms with Gasteiger partial charge in [-0.05, 0) is 42.4 Å². The zero-order valence-corrected chi connectivity index (χ0v) is 18.4. The molecule has 31 heavy (non-hydrogen) atoms. The number of rotatable bonds is 6. The molecule has 0 amide bonds. The van der Waals surface area contributed by atoms with Gasteiger partial charge in [-0.15, -0.1) is 0 Å². The molecule has 2 aromatic heterocycles. The number of nitrogens with zero attached hydrogens (tertiary/aromatic N) is 4. The first kappa shape index (κ1) is 20.1. The van der Waals surface area contributed by atoms with Gasteiger partial charge in [0, 0.05) is 38.1 Å². The summed E-state index contributed by atoms with van der Waals surface area (Å²) in [5, 5.41) is 4.49. The number of fused-ring (bicyclic) bond motifs is 2. The van der Waals surface area contributed by atoms with Crippen LogP contribution in [0, 0.1) is 4.77 Å². The summed E-state index contributed by atoms with van der Waals surface area (Å²) in [6, 6.07) is 12.9. The van der Waals surface area contributed by atoms with Gasteiger partial charge in [0.1, 0.15) is 12.1 Å². The highest BCUT2D eigenvalue weighted by molar-refractivity contribution is 7.71. The van der Waals surface area contributed by atoms with Crippen molar-refractivity contribution in [2.45, 2.75) is 26.6 Å². The second-order valence-electron chi connectivity index (χ2n) is 7.85. The van der Waals surface area contributed by atoms with E-state index < -0.39 is 0 Å². The number of hydrogen-bond donors (Lipinski definition) is 2. The van der Waals surface area contributed by atoms with Crippen molar-refractivity contribution in [3.8, 4) is 0 Å². The minimum atomic E-state index is 0.701. The van der Waals surface area contributed by atoms with Crippen LogP contribution in [0.4, 0.5) is 5.82 Å². The fourth-order valence-corrected chi connectivity index (χ4v) is 4.54. The number of hydrogen-bond acceptors (Lipinski definition) is 6. The highest BCUT2D eigenvalue weighted by atomic mass is 32.1. The molecule has 3 heterocycles. The fourth-order valence-electron chi connectivity index (χ4n) is 4.20. The van der Waals surface area contributed by atoms with E-state index in [9.17, 15) is 0 Å². The van der Waals surface area contributed by atoms with Crippen LogP contribution in [0.15, 0.2) is 42.7 Å². The summed E-state index contributed by atoms with van der Waals surface area (Å²) >= 11 is 5.45. The van der Waals surface area contributed by atoms with Crippen molar-refractivity contribution in [1.29, 1.82) is 0 Å². The van der Waals surface area contributed by atoms with E-state index >= 15 is 0 Å². The Bertz CT molecular complexity index is 1270. The van der Waals surface area contributed by atoms with Gasteiger partial charge < -0.3 is 19.6 Å². The molecule has 0 saturated carbocycles. The molecule has 0 atom stereocenters. The summed E-state index contributed by atoms with van der Waals surface area (Å²) in [6.45, 7) is 8.20. The highest BCUT2D eigenvalue weighted by Gasteiger charge is 2.12. The van der Waals surface area contributed by atoms with Crippen molar-refractivity contribution in [2.24, 2.45) is 0 Å². The first-order valence-corrected chi connectivity index (χ1v) is 11.1. The van der Waals surface area contributed by atoms with Gasteiger partial charge in [-0.3, -0.25) is 4.90 Å². The van der Waals surface area contributed by atoms with Crippen LogP contribution in [-0.2, 0) is 24.4 Å². The molecular weight excluding hydrogens is 408 g/mol. The minimum Gasteiger partial charge on any atom is -0.379 e. The van der Waals surface area contributed by atoms with Crippen molar-refractivity contribution in [3.05, 3.63) is 58.6 Å². The monoisotopic (exact) mass is 434 g/mol. The van der Waals surface area contributed by atoms with Crippen LogP contribution in [0.5, 0.6) is 0 Å². The maximum atomic E-state index is 5.45. The van der Waals surface area contributed by atoms with Crippen molar-refractivity contribution < 1.29 is 4.74 Å². The van der Waals surface area contributed by atoms with Gasteiger partial charge in [-0.1, -0.05) is 24.3 Å². The Morgan fingerprint density at radius 3 is 2.81 bits per heavy atom. The van der Waals surface area contributed by atoms with E-state index in [2.05, 4.69) is 73.1 Å².